The third kappa shape index (κ3) is 2.13. The van der Waals surface area contributed by atoms with Crippen LogP contribution in [0.25, 0.3) is 0 Å². The summed E-state index contributed by atoms with van der Waals surface area (Å²) in [6.45, 7) is 8.05. The van der Waals surface area contributed by atoms with E-state index in [4.69, 9.17) is 0 Å². The molecular weight excluding hydrogens is 202 g/mol. The van der Waals surface area contributed by atoms with Gasteiger partial charge in [-0.2, -0.15) is 5.10 Å². The minimum absolute atomic E-state index is 0.0139. The van der Waals surface area contributed by atoms with Crippen molar-refractivity contribution >= 4 is 0 Å². The summed E-state index contributed by atoms with van der Waals surface area (Å²) in [6.07, 6.45) is 4.63. The van der Waals surface area contributed by atoms with Gasteiger partial charge in [-0.25, -0.2) is 0 Å². The van der Waals surface area contributed by atoms with Crippen molar-refractivity contribution in [3.8, 4) is 0 Å². The van der Waals surface area contributed by atoms with Gasteiger partial charge in [0.2, 0.25) is 0 Å². The van der Waals surface area contributed by atoms with E-state index in [0.717, 1.165) is 19.5 Å². The molecule has 0 bridgehead atoms. The molecule has 0 aromatic carbocycles. The second-order valence-electron chi connectivity index (χ2n) is 5.36. The number of aromatic nitrogens is 2. The first-order valence-electron chi connectivity index (χ1n) is 5.90. The number of aryl methyl sites for hydroxylation is 1. The van der Waals surface area contributed by atoms with Crippen molar-refractivity contribution in [2.45, 2.75) is 45.9 Å². The highest BCUT2D eigenvalue weighted by molar-refractivity contribution is 5.02. The van der Waals surface area contributed by atoms with Crippen molar-refractivity contribution in [3.63, 3.8) is 0 Å². The van der Waals surface area contributed by atoms with E-state index >= 15 is 0 Å². The lowest BCUT2D eigenvalue weighted by Gasteiger charge is -2.49. The summed E-state index contributed by atoms with van der Waals surface area (Å²) in [6, 6.07) is 0.430. The summed E-state index contributed by atoms with van der Waals surface area (Å²) in [4.78, 5) is 0. The molecule has 1 aromatic rings. The summed E-state index contributed by atoms with van der Waals surface area (Å²) in [7, 11) is 0. The summed E-state index contributed by atoms with van der Waals surface area (Å²) in [5.41, 5.74) is 1.21. The fraction of sp³-hybridized carbons (Fsp3) is 0.750. The Morgan fingerprint density at radius 2 is 2.38 bits per heavy atom. The van der Waals surface area contributed by atoms with Gasteiger partial charge < -0.3 is 10.4 Å². The normalized spacial score (nSPS) is 27.8. The van der Waals surface area contributed by atoms with Gasteiger partial charge in [0.15, 0.2) is 0 Å². The Labute approximate surface area is 96.7 Å². The number of hydrogen-bond donors (Lipinski definition) is 2. The maximum atomic E-state index is 9.61. The van der Waals surface area contributed by atoms with Gasteiger partial charge in [0.25, 0.3) is 0 Å². The summed E-state index contributed by atoms with van der Waals surface area (Å²) in [5.74, 6) is 0. The van der Waals surface area contributed by atoms with Crippen LogP contribution in [0.2, 0.25) is 0 Å². The molecule has 0 aliphatic heterocycles. The molecule has 4 heteroatoms. The Hall–Kier alpha value is -0.870. The standard InChI is InChI=1S/C12H21N3O/c1-9-7-14-15(8-9)5-4-13-10-6-11(16)12(10,2)3/h7-8,10-11,13,16H,4-6H2,1-3H3. The van der Waals surface area contributed by atoms with Crippen molar-refractivity contribution in [1.29, 1.82) is 0 Å². The van der Waals surface area contributed by atoms with E-state index in [0.29, 0.717) is 6.04 Å². The van der Waals surface area contributed by atoms with Gasteiger partial charge in [0.05, 0.1) is 18.8 Å². The maximum Gasteiger partial charge on any atom is 0.0621 e. The van der Waals surface area contributed by atoms with E-state index in [2.05, 4.69) is 24.3 Å². The molecular formula is C12H21N3O. The highest BCUT2D eigenvalue weighted by Crippen LogP contribution is 2.40. The highest BCUT2D eigenvalue weighted by Gasteiger charge is 2.46. The minimum Gasteiger partial charge on any atom is -0.392 e. The van der Waals surface area contributed by atoms with E-state index in [1.54, 1.807) is 0 Å². The largest absolute Gasteiger partial charge is 0.392 e. The van der Waals surface area contributed by atoms with E-state index in [1.807, 2.05) is 24.0 Å². The summed E-state index contributed by atoms with van der Waals surface area (Å²) >= 11 is 0. The predicted octanol–water partition coefficient (Wildman–Crippen LogP) is 0.941. The van der Waals surface area contributed by atoms with Gasteiger partial charge in [-0.1, -0.05) is 13.8 Å². The molecule has 1 aliphatic carbocycles. The second kappa shape index (κ2) is 4.18. The number of aliphatic hydroxyl groups is 1. The first-order valence-corrected chi connectivity index (χ1v) is 5.90. The van der Waals surface area contributed by atoms with Gasteiger partial charge in [-0.05, 0) is 18.9 Å². The van der Waals surface area contributed by atoms with E-state index < -0.39 is 0 Å². The van der Waals surface area contributed by atoms with Crippen molar-refractivity contribution in [2.24, 2.45) is 5.41 Å². The highest BCUT2D eigenvalue weighted by atomic mass is 16.3. The van der Waals surface area contributed by atoms with Crippen molar-refractivity contribution < 1.29 is 5.11 Å². The molecule has 1 fully saturated rings. The lowest BCUT2D eigenvalue weighted by molar-refractivity contribution is -0.0724. The molecule has 0 radical (unpaired) electrons. The Bertz CT molecular complexity index is 359. The molecule has 0 saturated heterocycles. The number of nitrogens with one attached hydrogen (secondary N) is 1. The van der Waals surface area contributed by atoms with E-state index in [-0.39, 0.29) is 11.5 Å². The Morgan fingerprint density at radius 1 is 1.62 bits per heavy atom. The van der Waals surface area contributed by atoms with Crippen LogP contribution in [0.4, 0.5) is 0 Å². The molecule has 1 saturated carbocycles. The van der Waals surface area contributed by atoms with Gasteiger partial charge in [-0.3, -0.25) is 4.68 Å². The van der Waals surface area contributed by atoms with Gasteiger partial charge in [-0.15, -0.1) is 0 Å². The SMILES string of the molecule is Cc1cnn(CCNC2CC(O)C2(C)C)c1. The van der Waals surface area contributed by atoms with Gasteiger partial charge in [0.1, 0.15) is 0 Å². The molecule has 1 heterocycles. The number of hydrogen-bond acceptors (Lipinski definition) is 3. The molecule has 2 rings (SSSR count). The molecule has 90 valence electrons. The van der Waals surface area contributed by atoms with Crippen LogP contribution in [0.5, 0.6) is 0 Å². The Morgan fingerprint density at radius 3 is 2.88 bits per heavy atom. The van der Waals surface area contributed by atoms with Crippen LogP contribution in [-0.4, -0.2) is 33.6 Å². The maximum absolute atomic E-state index is 9.61. The molecule has 1 aromatic heterocycles. The molecule has 4 nitrogen and oxygen atoms in total. The molecule has 2 unspecified atom stereocenters. The van der Waals surface area contributed by atoms with Crippen LogP contribution in [0.15, 0.2) is 12.4 Å². The Kier molecular flexibility index (Phi) is 3.04. The monoisotopic (exact) mass is 223 g/mol. The lowest BCUT2D eigenvalue weighted by Crippen LogP contribution is -2.60. The minimum atomic E-state index is -0.156. The van der Waals surface area contributed by atoms with Crippen molar-refractivity contribution in [3.05, 3.63) is 18.0 Å². The van der Waals surface area contributed by atoms with Gasteiger partial charge in [0, 0.05) is 24.2 Å². The Balaban J connectivity index is 1.73. The molecule has 16 heavy (non-hydrogen) atoms. The zero-order chi connectivity index (χ0) is 11.8. The molecule has 0 spiro atoms. The number of aliphatic hydroxyl groups excluding tert-OH is 1. The quantitative estimate of drug-likeness (QED) is 0.798. The van der Waals surface area contributed by atoms with Crippen molar-refractivity contribution in [2.75, 3.05) is 6.54 Å². The third-order valence-electron chi connectivity index (χ3n) is 3.71. The van der Waals surface area contributed by atoms with Crippen LogP contribution in [-0.2, 0) is 6.54 Å². The lowest BCUT2D eigenvalue weighted by atomic mass is 9.64. The fourth-order valence-electron chi connectivity index (χ4n) is 2.19. The van der Waals surface area contributed by atoms with E-state index in [9.17, 15) is 5.11 Å². The first kappa shape index (κ1) is 11.6. The third-order valence-corrected chi connectivity index (χ3v) is 3.71. The number of nitrogens with zero attached hydrogens (tertiary/aromatic N) is 2. The molecule has 1 aliphatic rings. The van der Waals surface area contributed by atoms with Crippen molar-refractivity contribution in [1.82, 2.24) is 15.1 Å². The molecule has 0 amide bonds. The fourth-order valence-corrected chi connectivity index (χ4v) is 2.19. The predicted molar refractivity (Wildman–Crippen MR) is 63.2 cm³/mol. The van der Waals surface area contributed by atoms with E-state index in [1.165, 1.54) is 5.56 Å². The summed E-state index contributed by atoms with van der Waals surface area (Å²) < 4.78 is 1.95. The van der Waals surface area contributed by atoms with Crippen LogP contribution in [0.3, 0.4) is 0 Å². The number of rotatable bonds is 4. The average Bonchev–Trinajstić information content (AvgIpc) is 2.63. The average molecular weight is 223 g/mol. The van der Waals surface area contributed by atoms with Crippen LogP contribution >= 0.6 is 0 Å². The smallest absolute Gasteiger partial charge is 0.0621 e. The first-order chi connectivity index (χ1) is 7.50. The zero-order valence-corrected chi connectivity index (χ0v) is 10.3. The van der Waals surface area contributed by atoms with Crippen LogP contribution in [0.1, 0.15) is 25.8 Å². The zero-order valence-electron chi connectivity index (χ0n) is 10.3. The van der Waals surface area contributed by atoms with Crippen LogP contribution < -0.4 is 5.32 Å². The van der Waals surface area contributed by atoms with Gasteiger partial charge >= 0.3 is 0 Å². The van der Waals surface area contributed by atoms with Crippen LogP contribution in [0, 0.1) is 12.3 Å². The topological polar surface area (TPSA) is 50.1 Å². The summed E-state index contributed by atoms with van der Waals surface area (Å²) in [5, 5.41) is 17.3. The molecule has 2 atom stereocenters. The molecule has 2 N–H and O–H groups in total. The second-order valence-corrected chi connectivity index (χ2v) is 5.36.